The molecule has 0 aliphatic rings. The van der Waals surface area contributed by atoms with E-state index in [1.54, 1.807) is 18.4 Å². The molecule has 0 aliphatic heterocycles. The van der Waals surface area contributed by atoms with Crippen LogP contribution >= 0.6 is 35.3 Å². The summed E-state index contributed by atoms with van der Waals surface area (Å²) in [5, 5.41) is 7.91. The molecule has 6 heteroatoms. The first-order chi connectivity index (χ1) is 11.1. The zero-order valence-electron chi connectivity index (χ0n) is 14.7. The predicted molar refractivity (Wildman–Crippen MR) is 115 cm³/mol. The van der Waals surface area contributed by atoms with Gasteiger partial charge in [-0.1, -0.05) is 44.2 Å². The molecule has 1 aromatic carbocycles. The van der Waals surface area contributed by atoms with Gasteiger partial charge >= 0.3 is 0 Å². The van der Waals surface area contributed by atoms with Crippen molar-refractivity contribution in [2.45, 2.75) is 45.7 Å². The molecule has 4 nitrogen and oxygen atoms in total. The maximum Gasteiger partial charge on any atom is 0.191 e. The molecule has 2 atom stereocenters. The molecule has 0 saturated carbocycles. The van der Waals surface area contributed by atoms with E-state index in [2.05, 4.69) is 65.6 Å². The normalized spacial score (nSPS) is 13.8. The molecule has 24 heavy (non-hydrogen) atoms. The number of benzene rings is 1. The highest BCUT2D eigenvalue weighted by atomic mass is 127. The van der Waals surface area contributed by atoms with Crippen LogP contribution in [0, 0.1) is 0 Å². The summed E-state index contributed by atoms with van der Waals surface area (Å²) < 4.78 is 0. The molecule has 0 saturated heterocycles. The van der Waals surface area contributed by atoms with Gasteiger partial charge in [0.05, 0.1) is 6.54 Å². The maximum absolute atomic E-state index is 4.43. The number of nitrogens with one attached hydrogen (secondary N) is 2. The Labute approximate surface area is 166 Å². The Kier molecular flexibility index (Phi) is 9.28. The van der Waals surface area contributed by atoms with Crippen LogP contribution in [-0.4, -0.2) is 24.0 Å². The summed E-state index contributed by atoms with van der Waals surface area (Å²) >= 11 is 1.75. The SMILES string of the molecule is CCc1cnc(CNC(=NC)NC(C)C(C)c2ccccc2)s1.I. The Hall–Kier alpha value is -1.15. The number of nitrogens with zero attached hydrogens (tertiary/aromatic N) is 2. The smallest absolute Gasteiger partial charge is 0.191 e. The largest absolute Gasteiger partial charge is 0.353 e. The Morgan fingerprint density at radius 3 is 2.54 bits per heavy atom. The zero-order chi connectivity index (χ0) is 16.7. The number of aromatic nitrogens is 1. The lowest BCUT2D eigenvalue weighted by atomic mass is 9.94. The van der Waals surface area contributed by atoms with Crippen LogP contribution in [0.15, 0.2) is 41.5 Å². The Morgan fingerprint density at radius 1 is 1.25 bits per heavy atom. The highest BCUT2D eigenvalue weighted by Gasteiger charge is 2.15. The van der Waals surface area contributed by atoms with E-state index in [0.29, 0.717) is 12.5 Å². The van der Waals surface area contributed by atoms with Crippen LogP contribution in [0.4, 0.5) is 0 Å². The minimum absolute atomic E-state index is 0. The molecule has 2 N–H and O–H groups in total. The summed E-state index contributed by atoms with van der Waals surface area (Å²) in [5.41, 5.74) is 1.33. The number of rotatable bonds is 6. The second-order valence-corrected chi connectivity index (χ2v) is 6.83. The van der Waals surface area contributed by atoms with E-state index in [9.17, 15) is 0 Å². The van der Waals surface area contributed by atoms with Gasteiger partial charge in [-0.25, -0.2) is 4.98 Å². The lowest BCUT2D eigenvalue weighted by molar-refractivity contribution is 0.550. The van der Waals surface area contributed by atoms with E-state index < -0.39 is 0 Å². The molecule has 0 spiro atoms. The Morgan fingerprint density at radius 2 is 1.96 bits per heavy atom. The van der Waals surface area contributed by atoms with Crippen LogP contribution in [0.1, 0.15) is 42.1 Å². The third kappa shape index (κ3) is 6.05. The zero-order valence-corrected chi connectivity index (χ0v) is 17.9. The minimum Gasteiger partial charge on any atom is -0.353 e. The van der Waals surface area contributed by atoms with Crippen molar-refractivity contribution in [2.24, 2.45) is 4.99 Å². The summed E-state index contributed by atoms with van der Waals surface area (Å²) in [7, 11) is 1.80. The topological polar surface area (TPSA) is 49.3 Å². The van der Waals surface area contributed by atoms with Gasteiger partial charge < -0.3 is 10.6 Å². The average molecular weight is 458 g/mol. The summed E-state index contributed by atoms with van der Waals surface area (Å²) in [4.78, 5) is 10.1. The van der Waals surface area contributed by atoms with Gasteiger partial charge in [0.25, 0.3) is 0 Å². The van der Waals surface area contributed by atoms with Crippen molar-refractivity contribution in [3.8, 4) is 0 Å². The third-order valence-corrected chi connectivity index (χ3v) is 5.16. The first kappa shape index (κ1) is 20.9. The lowest BCUT2D eigenvalue weighted by Gasteiger charge is -2.23. The highest BCUT2D eigenvalue weighted by molar-refractivity contribution is 14.0. The maximum atomic E-state index is 4.43. The van der Waals surface area contributed by atoms with E-state index in [-0.39, 0.29) is 30.0 Å². The summed E-state index contributed by atoms with van der Waals surface area (Å²) in [5.74, 6) is 1.22. The van der Waals surface area contributed by atoms with Gasteiger partial charge in [0.15, 0.2) is 5.96 Å². The van der Waals surface area contributed by atoms with Crippen molar-refractivity contribution < 1.29 is 0 Å². The van der Waals surface area contributed by atoms with Crippen molar-refractivity contribution in [1.29, 1.82) is 0 Å². The van der Waals surface area contributed by atoms with E-state index in [1.165, 1.54) is 10.4 Å². The molecule has 0 aliphatic carbocycles. The van der Waals surface area contributed by atoms with E-state index in [1.807, 2.05) is 12.3 Å². The van der Waals surface area contributed by atoms with Gasteiger partial charge in [0.1, 0.15) is 5.01 Å². The van der Waals surface area contributed by atoms with Crippen molar-refractivity contribution in [2.75, 3.05) is 7.05 Å². The van der Waals surface area contributed by atoms with Crippen molar-refractivity contribution >= 4 is 41.3 Å². The van der Waals surface area contributed by atoms with Gasteiger partial charge in [0, 0.05) is 30.1 Å². The minimum atomic E-state index is 0. The van der Waals surface area contributed by atoms with Gasteiger partial charge in [-0.3, -0.25) is 4.99 Å². The first-order valence-corrected chi connectivity index (χ1v) is 8.91. The van der Waals surface area contributed by atoms with E-state index in [0.717, 1.165) is 17.4 Å². The number of guanidine groups is 1. The quantitative estimate of drug-likeness (QED) is 0.388. The second kappa shape index (κ2) is 10.7. The summed E-state index contributed by atoms with van der Waals surface area (Å²) in [6.07, 6.45) is 2.99. The van der Waals surface area contributed by atoms with Crippen LogP contribution < -0.4 is 10.6 Å². The number of halogens is 1. The Balaban J connectivity index is 0.00000288. The van der Waals surface area contributed by atoms with Crippen molar-refractivity contribution in [3.05, 3.63) is 52.0 Å². The molecule has 0 radical (unpaired) electrons. The van der Waals surface area contributed by atoms with Crippen LogP contribution in [0.2, 0.25) is 0 Å². The fourth-order valence-corrected chi connectivity index (χ4v) is 3.14. The second-order valence-electron chi connectivity index (χ2n) is 5.63. The van der Waals surface area contributed by atoms with E-state index >= 15 is 0 Å². The first-order valence-electron chi connectivity index (χ1n) is 8.09. The van der Waals surface area contributed by atoms with E-state index in [4.69, 9.17) is 0 Å². The number of thiazole rings is 1. The van der Waals surface area contributed by atoms with Crippen LogP contribution in [0.25, 0.3) is 0 Å². The number of aliphatic imine (C=N–C) groups is 1. The monoisotopic (exact) mass is 458 g/mol. The number of hydrogen-bond acceptors (Lipinski definition) is 3. The molecular weight excluding hydrogens is 431 g/mol. The Bertz CT molecular complexity index is 627. The third-order valence-electron chi connectivity index (χ3n) is 4.02. The molecule has 0 bridgehead atoms. The average Bonchev–Trinajstić information content (AvgIpc) is 3.06. The molecule has 0 amide bonds. The molecule has 1 heterocycles. The summed E-state index contributed by atoms with van der Waals surface area (Å²) in [6.45, 7) is 7.27. The number of hydrogen-bond donors (Lipinski definition) is 2. The molecule has 132 valence electrons. The van der Waals surface area contributed by atoms with Crippen molar-refractivity contribution in [1.82, 2.24) is 15.6 Å². The van der Waals surface area contributed by atoms with Crippen LogP contribution in [0.3, 0.4) is 0 Å². The highest BCUT2D eigenvalue weighted by Crippen LogP contribution is 2.18. The molecular formula is C18H27IN4S. The fraction of sp³-hybridized carbons (Fsp3) is 0.444. The van der Waals surface area contributed by atoms with Gasteiger partial charge in [0.2, 0.25) is 0 Å². The molecule has 2 aromatic rings. The molecule has 0 fully saturated rings. The predicted octanol–water partition coefficient (Wildman–Crippen LogP) is 4.18. The number of aryl methyl sites for hydroxylation is 1. The standard InChI is InChI=1S/C18H26N4S.HI/c1-5-16-11-20-17(23-16)12-21-18(19-4)22-14(3)13(2)15-9-7-6-8-10-15;/h6-11,13-14H,5,12H2,1-4H3,(H2,19,21,22);1H. The fourth-order valence-electron chi connectivity index (χ4n) is 2.33. The summed E-state index contributed by atoms with van der Waals surface area (Å²) in [6, 6.07) is 10.8. The van der Waals surface area contributed by atoms with Crippen LogP contribution in [0.5, 0.6) is 0 Å². The molecule has 2 rings (SSSR count). The van der Waals surface area contributed by atoms with Crippen molar-refractivity contribution in [3.63, 3.8) is 0 Å². The van der Waals surface area contributed by atoms with Gasteiger partial charge in [-0.05, 0) is 18.9 Å². The van der Waals surface area contributed by atoms with Gasteiger partial charge in [-0.15, -0.1) is 35.3 Å². The van der Waals surface area contributed by atoms with Crippen LogP contribution in [-0.2, 0) is 13.0 Å². The molecule has 1 aromatic heterocycles. The molecule has 2 unspecified atom stereocenters. The lowest BCUT2D eigenvalue weighted by Crippen LogP contribution is -2.43. The van der Waals surface area contributed by atoms with Gasteiger partial charge in [-0.2, -0.15) is 0 Å².